The lowest BCUT2D eigenvalue weighted by molar-refractivity contribution is -0.127. The Morgan fingerprint density at radius 1 is 0.789 bits per heavy atom. The van der Waals surface area contributed by atoms with Crippen molar-refractivity contribution in [1.29, 1.82) is 0 Å². The molecule has 3 aromatic rings. The molecular formula is C34H39N2OP. The van der Waals surface area contributed by atoms with Crippen molar-refractivity contribution in [2.75, 3.05) is 0 Å². The number of nitrogens with one attached hydrogen (secondary N) is 1. The molecule has 0 aliphatic heterocycles. The third-order valence-corrected chi connectivity index (χ3v) is 11.5. The second-order valence-electron chi connectivity index (χ2n) is 12.0. The van der Waals surface area contributed by atoms with E-state index in [2.05, 4.69) is 104 Å². The van der Waals surface area contributed by atoms with Gasteiger partial charge in [0, 0.05) is 17.8 Å². The lowest BCUT2D eigenvalue weighted by atomic mass is 9.54. The maximum atomic E-state index is 13.6. The van der Waals surface area contributed by atoms with Crippen LogP contribution in [0.3, 0.4) is 0 Å². The zero-order chi connectivity index (χ0) is 26.1. The summed E-state index contributed by atoms with van der Waals surface area (Å²) < 4.78 is 0. The predicted molar refractivity (Wildman–Crippen MR) is 160 cm³/mol. The van der Waals surface area contributed by atoms with Gasteiger partial charge in [0.15, 0.2) is 0 Å². The van der Waals surface area contributed by atoms with Crippen LogP contribution in [0.5, 0.6) is 0 Å². The highest BCUT2D eigenvalue weighted by molar-refractivity contribution is 7.80. The van der Waals surface area contributed by atoms with Crippen LogP contribution in [0.25, 0.3) is 0 Å². The van der Waals surface area contributed by atoms with Crippen molar-refractivity contribution in [1.82, 2.24) is 5.32 Å². The maximum Gasteiger partial charge on any atom is 0.245 e. The summed E-state index contributed by atoms with van der Waals surface area (Å²) >= 11 is 0. The Morgan fingerprint density at radius 2 is 1.32 bits per heavy atom. The third-order valence-electron chi connectivity index (χ3n) is 9.02. The second kappa shape index (κ2) is 11.1. The molecule has 196 valence electrons. The smallest absolute Gasteiger partial charge is 0.245 e. The van der Waals surface area contributed by atoms with Gasteiger partial charge in [-0.3, -0.25) is 9.79 Å². The van der Waals surface area contributed by atoms with E-state index in [9.17, 15) is 4.79 Å². The zero-order valence-corrected chi connectivity index (χ0v) is 23.4. The molecule has 0 heterocycles. The molecule has 4 saturated carbocycles. The molecule has 1 amide bonds. The largest absolute Gasteiger partial charge is 0.351 e. The molecule has 3 aromatic carbocycles. The van der Waals surface area contributed by atoms with Crippen LogP contribution in [-0.2, 0) is 4.79 Å². The number of benzene rings is 3. The molecule has 4 heteroatoms. The van der Waals surface area contributed by atoms with Gasteiger partial charge in [0.1, 0.15) is 6.04 Å². The quantitative estimate of drug-likeness (QED) is 0.294. The van der Waals surface area contributed by atoms with Crippen LogP contribution in [0.2, 0.25) is 0 Å². The summed E-state index contributed by atoms with van der Waals surface area (Å²) in [6.07, 6.45) is 8.64. The summed E-state index contributed by atoms with van der Waals surface area (Å²) in [5.74, 6) is 3.41. The standard InChI is InChI=1S/C34H39N2OP/c1-23(2)32(34(37)36-33-27-18-24-17-25(20-27)21-28(33)19-24)35-22-26-11-9-10-16-31(26)38(29-12-5-3-6-13-29)30-14-7-4-8-15-30/h3-16,22-25,27-28,32-33H,17-21H2,1-2H3,(H,36,37)/t24?,25?,27?,28?,32-,33?/m1/s1. The zero-order valence-electron chi connectivity index (χ0n) is 22.5. The fraction of sp³-hybridized carbons (Fsp3) is 0.412. The average molecular weight is 523 g/mol. The minimum absolute atomic E-state index is 0.111. The van der Waals surface area contributed by atoms with Gasteiger partial charge in [0.05, 0.1) is 0 Å². The number of rotatable bonds is 8. The predicted octanol–water partition coefficient (Wildman–Crippen LogP) is 5.83. The van der Waals surface area contributed by atoms with E-state index in [1.165, 1.54) is 48.0 Å². The first-order chi connectivity index (χ1) is 18.6. The SMILES string of the molecule is CC(C)[C@@H](N=Cc1ccccc1P(c1ccccc1)c1ccccc1)C(=O)NC1C2CC3CC(C2)CC1C3. The van der Waals surface area contributed by atoms with Crippen molar-refractivity contribution < 1.29 is 4.79 Å². The van der Waals surface area contributed by atoms with Crippen LogP contribution >= 0.6 is 7.92 Å². The Labute approximate surface area is 228 Å². The molecule has 0 spiro atoms. The van der Waals surface area contributed by atoms with Crippen LogP contribution < -0.4 is 21.2 Å². The minimum Gasteiger partial charge on any atom is -0.351 e. The fourth-order valence-corrected chi connectivity index (χ4v) is 9.92. The average Bonchev–Trinajstić information content (AvgIpc) is 2.92. The third kappa shape index (κ3) is 5.23. The van der Waals surface area contributed by atoms with E-state index in [1.54, 1.807) is 0 Å². The lowest BCUT2D eigenvalue weighted by Gasteiger charge is -2.54. The van der Waals surface area contributed by atoms with E-state index < -0.39 is 7.92 Å². The van der Waals surface area contributed by atoms with E-state index in [-0.39, 0.29) is 17.9 Å². The normalized spacial score (nSPS) is 26.8. The van der Waals surface area contributed by atoms with Crippen molar-refractivity contribution in [3.8, 4) is 0 Å². The molecule has 4 aliphatic rings. The first-order valence-electron chi connectivity index (χ1n) is 14.4. The molecule has 38 heavy (non-hydrogen) atoms. The Morgan fingerprint density at radius 3 is 1.87 bits per heavy atom. The first kappa shape index (κ1) is 25.5. The molecule has 0 saturated heterocycles. The fourth-order valence-electron chi connectivity index (χ4n) is 7.50. The summed E-state index contributed by atoms with van der Waals surface area (Å²) in [5.41, 5.74) is 1.10. The molecule has 0 aromatic heterocycles. The molecule has 4 aliphatic carbocycles. The molecule has 1 atom stereocenters. The van der Waals surface area contributed by atoms with Gasteiger partial charge in [0.2, 0.25) is 5.91 Å². The summed E-state index contributed by atoms with van der Waals surface area (Å²) in [5, 5.41) is 7.42. The van der Waals surface area contributed by atoms with Crippen molar-refractivity contribution in [3.63, 3.8) is 0 Å². The molecular weight excluding hydrogens is 483 g/mol. The topological polar surface area (TPSA) is 41.5 Å². The number of carbonyl (C=O) groups excluding carboxylic acids is 1. The van der Waals surface area contributed by atoms with Crippen LogP contribution in [0.1, 0.15) is 51.5 Å². The molecule has 4 bridgehead atoms. The van der Waals surface area contributed by atoms with Crippen LogP contribution in [0, 0.1) is 29.6 Å². The van der Waals surface area contributed by atoms with Gasteiger partial charge in [-0.25, -0.2) is 0 Å². The van der Waals surface area contributed by atoms with E-state index >= 15 is 0 Å². The van der Waals surface area contributed by atoms with Gasteiger partial charge in [-0.1, -0.05) is 98.8 Å². The molecule has 4 fully saturated rings. The van der Waals surface area contributed by atoms with Crippen LogP contribution in [0.15, 0.2) is 89.9 Å². The van der Waals surface area contributed by atoms with Crippen molar-refractivity contribution in [3.05, 3.63) is 90.5 Å². The maximum absolute atomic E-state index is 13.6. The monoisotopic (exact) mass is 522 g/mol. The Hall–Kier alpha value is -2.77. The number of hydrogen-bond donors (Lipinski definition) is 1. The number of nitrogens with zero attached hydrogens (tertiary/aromatic N) is 1. The van der Waals surface area contributed by atoms with Crippen LogP contribution in [0.4, 0.5) is 0 Å². The first-order valence-corrected chi connectivity index (χ1v) is 15.7. The highest BCUT2D eigenvalue weighted by Gasteiger charge is 2.49. The second-order valence-corrected chi connectivity index (χ2v) is 14.2. The molecule has 1 N–H and O–H groups in total. The minimum atomic E-state index is -0.741. The lowest BCUT2D eigenvalue weighted by Crippen LogP contribution is -2.57. The Bertz CT molecular complexity index is 1200. The number of amides is 1. The van der Waals surface area contributed by atoms with E-state index in [1.807, 2.05) is 6.21 Å². The highest BCUT2D eigenvalue weighted by Crippen LogP contribution is 2.53. The van der Waals surface area contributed by atoms with E-state index in [0.29, 0.717) is 17.9 Å². The number of carbonyl (C=O) groups is 1. The van der Waals surface area contributed by atoms with Crippen molar-refractivity contribution in [2.45, 2.75) is 58.0 Å². The number of hydrogen-bond acceptors (Lipinski definition) is 2. The van der Waals surface area contributed by atoms with Gasteiger partial charge in [0.25, 0.3) is 0 Å². The molecule has 3 nitrogen and oxygen atoms in total. The van der Waals surface area contributed by atoms with Crippen molar-refractivity contribution in [2.24, 2.45) is 34.6 Å². The summed E-state index contributed by atoms with van der Waals surface area (Å²) in [6, 6.07) is 30.1. The Balaban J connectivity index is 1.26. The number of aliphatic imine (C=N–C) groups is 1. The van der Waals surface area contributed by atoms with Gasteiger partial charge >= 0.3 is 0 Å². The van der Waals surface area contributed by atoms with E-state index in [4.69, 9.17) is 4.99 Å². The van der Waals surface area contributed by atoms with Gasteiger partial charge < -0.3 is 5.32 Å². The van der Waals surface area contributed by atoms with Gasteiger partial charge in [-0.2, -0.15) is 0 Å². The summed E-state index contributed by atoms with van der Waals surface area (Å²) in [4.78, 5) is 18.6. The van der Waals surface area contributed by atoms with Crippen LogP contribution in [-0.4, -0.2) is 24.2 Å². The summed E-state index contributed by atoms with van der Waals surface area (Å²) in [7, 11) is -0.741. The molecule has 7 rings (SSSR count). The Kier molecular flexibility index (Phi) is 7.48. The van der Waals surface area contributed by atoms with Gasteiger partial charge in [-0.05, 0) is 85.5 Å². The summed E-state index contributed by atoms with van der Waals surface area (Å²) in [6.45, 7) is 4.23. The molecule has 0 radical (unpaired) electrons. The van der Waals surface area contributed by atoms with E-state index in [0.717, 1.165) is 17.4 Å². The van der Waals surface area contributed by atoms with Crippen molar-refractivity contribution >= 4 is 36.0 Å². The van der Waals surface area contributed by atoms with Gasteiger partial charge in [-0.15, -0.1) is 0 Å². The molecule has 0 unspecified atom stereocenters. The highest BCUT2D eigenvalue weighted by atomic mass is 31.1.